The standard InChI is InChI=1S/C11H18N2/c1-3-5-10-6-4-8-13-11(10)7-9-12-2/h4,6,8,12H,3,5,7,9H2,1-2H3. The Morgan fingerprint density at radius 3 is 2.92 bits per heavy atom. The van der Waals surface area contributed by atoms with Crippen molar-refractivity contribution in [2.24, 2.45) is 0 Å². The summed E-state index contributed by atoms with van der Waals surface area (Å²) < 4.78 is 0. The molecule has 72 valence electrons. The second-order valence-electron chi connectivity index (χ2n) is 3.21. The third-order valence-electron chi connectivity index (χ3n) is 2.12. The van der Waals surface area contributed by atoms with Crippen LogP contribution < -0.4 is 5.32 Å². The molecule has 0 radical (unpaired) electrons. The number of nitrogens with one attached hydrogen (secondary N) is 1. The maximum atomic E-state index is 4.39. The molecule has 0 bridgehead atoms. The van der Waals surface area contributed by atoms with Crippen LogP contribution in [0.1, 0.15) is 24.6 Å². The first-order valence-corrected chi connectivity index (χ1v) is 4.95. The first-order chi connectivity index (χ1) is 6.38. The van der Waals surface area contributed by atoms with E-state index < -0.39 is 0 Å². The van der Waals surface area contributed by atoms with Gasteiger partial charge in [-0.05, 0) is 25.1 Å². The summed E-state index contributed by atoms with van der Waals surface area (Å²) in [5.74, 6) is 0. The maximum Gasteiger partial charge on any atom is 0.0448 e. The number of rotatable bonds is 5. The molecule has 1 aromatic rings. The summed E-state index contributed by atoms with van der Waals surface area (Å²) in [6.07, 6.45) is 5.25. The summed E-state index contributed by atoms with van der Waals surface area (Å²) in [5.41, 5.74) is 2.65. The molecule has 0 saturated carbocycles. The van der Waals surface area contributed by atoms with Crippen molar-refractivity contribution in [2.45, 2.75) is 26.2 Å². The SMILES string of the molecule is CCCc1cccnc1CCNC. The summed E-state index contributed by atoms with van der Waals surface area (Å²) in [6.45, 7) is 3.21. The molecule has 2 nitrogen and oxygen atoms in total. The highest BCUT2D eigenvalue weighted by molar-refractivity contribution is 5.20. The Morgan fingerprint density at radius 2 is 2.23 bits per heavy atom. The van der Waals surface area contributed by atoms with Crippen molar-refractivity contribution >= 4 is 0 Å². The fourth-order valence-corrected chi connectivity index (χ4v) is 1.44. The second kappa shape index (κ2) is 5.70. The van der Waals surface area contributed by atoms with E-state index in [4.69, 9.17) is 0 Å². The number of likely N-dealkylation sites (N-methyl/N-ethyl adjacent to an activating group) is 1. The molecule has 1 aromatic heterocycles. The summed E-state index contributed by atoms with van der Waals surface area (Å²) in [7, 11) is 1.97. The lowest BCUT2D eigenvalue weighted by Gasteiger charge is -2.06. The minimum absolute atomic E-state index is 1.01. The van der Waals surface area contributed by atoms with Crippen molar-refractivity contribution in [3.63, 3.8) is 0 Å². The van der Waals surface area contributed by atoms with Gasteiger partial charge in [0.2, 0.25) is 0 Å². The van der Waals surface area contributed by atoms with Crippen LogP contribution in [0.25, 0.3) is 0 Å². The van der Waals surface area contributed by atoms with Crippen LogP contribution in [-0.2, 0) is 12.8 Å². The Hall–Kier alpha value is -0.890. The topological polar surface area (TPSA) is 24.9 Å². The van der Waals surface area contributed by atoms with Crippen LogP contribution in [0.2, 0.25) is 0 Å². The lowest BCUT2D eigenvalue weighted by Crippen LogP contribution is -2.12. The first kappa shape index (κ1) is 10.2. The fraction of sp³-hybridized carbons (Fsp3) is 0.545. The maximum absolute atomic E-state index is 4.39. The van der Waals surface area contributed by atoms with Gasteiger partial charge in [-0.3, -0.25) is 4.98 Å². The van der Waals surface area contributed by atoms with Crippen molar-refractivity contribution in [2.75, 3.05) is 13.6 Å². The van der Waals surface area contributed by atoms with Crippen LogP contribution in [-0.4, -0.2) is 18.6 Å². The lowest BCUT2D eigenvalue weighted by atomic mass is 10.1. The van der Waals surface area contributed by atoms with E-state index in [1.54, 1.807) is 0 Å². The van der Waals surface area contributed by atoms with Gasteiger partial charge in [-0.25, -0.2) is 0 Å². The molecule has 0 unspecified atom stereocenters. The third-order valence-corrected chi connectivity index (χ3v) is 2.12. The number of aryl methyl sites for hydroxylation is 1. The van der Waals surface area contributed by atoms with Gasteiger partial charge in [-0.2, -0.15) is 0 Å². The summed E-state index contributed by atoms with van der Waals surface area (Å²) >= 11 is 0. The van der Waals surface area contributed by atoms with Crippen molar-refractivity contribution in [1.29, 1.82) is 0 Å². The Morgan fingerprint density at radius 1 is 1.38 bits per heavy atom. The first-order valence-electron chi connectivity index (χ1n) is 4.95. The molecule has 0 spiro atoms. The van der Waals surface area contributed by atoms with E-state index >= 15 is 0 Å². The molecule has 0 saturated heterocycles. The Labute approximate surface area is 80.4 Å². The Bertz CT molecular complexity index is 246. The molecule has 0 aliphatic rings. The molecule has 0 aliphatic carbocycles. The molecule has 0 atom stereocenters. The quantitative estimate of drug-likeness (QED) is 0.743. The zero-order valence-corrected chi connectivity index (χ0v) is 8.51. The smallest absolute Gasteiger partial charge is 0.0448 e. The van der Waals surface area contributed by atoms with E-state index in [1.165, 1.54) is 17.7 Å². The van der Waals surface area contributed by atoms with Crippen molar-refractivity contribution < 1.29 is 0 Å². The van der Waals surface area contributed by atoms with Crippen molar-refractivity contribution in [3.8, 4) is 0 Å². The zero-order chi connectivity index (χ0) is 9.52. The predicted molar refractivity (Wildman–Crippen MR) is 55.9 cm³/mol. The number of hydrogen-bond donors (Lipinski definition) is 1. The Balaban J connectivity index is 2.66. The summed E-state index contributed by atoms with van der Waals surface area (Å²) in [4.78, 5) is 4.39. The van der Waals surface area contributed by atoms with Crippen LogP contribution in [0.4, 0.5) is 0 Å². The van der Waals surface area contributed by atoms with Gasteiger partial charge < -0.3 is 5.32 Å². The fourth-order valence-electron chi connectivity index (χ4n) is 1.44. The number of hydrogen-bond acceptors (Lipinski definition) is 2. The molecule has 1 heterocycles. The molecular weight excluding hydrogens is 160 g/mol. The molecule has 0 fully saturated rings. The van der Waals surface area contributed by atoms with E-state index in [-0.39, 0.29) is 0 Å². The van der Waals surface area contributed by atoms with Gasteiger partial charge in [0.05, 0.1) is 0 Å². The predicted octanol–water partition coefficient (Wildman–Crippen LogP) is 1.80. The molecule has 1 N–H and O–H groups in total. The van der Waals surface area contributed by atoms with Gasteiger partial charge in [-0.1, -0.05) is 19.4 Å². The van der Waals surface area contributed by atoms with Gasteiger partial charge in [0.15, 0.2) is 0 Å². The molecule has 0 aliphatic heterocycles. The van der Waals surface area contributed by atoms with Crippen LogP contribution in [0.3, 0.4) is 0 Å². The highest BCUT2D eigenvalue weighted by Crippen LogP contribution is 2.08. The van der Waals surface area contributed by atoms with Crippen LogP contribution in [0.15, 0.2) is 18.3 Å². The van der Waals surface area contributed by atoms with E-state index in [0.717, 1.165) is 19.4 Å². The van der Waals surface area contributed by atoms with Crippen molar-refractivity contribution in [1.82, 2.24) is 10.3 Å². The molecule has 0 amide bonds. The van der Waals surface area contributed by atoms with Gasteiger partial charge in [0, 0.05) is 24.9 Å². The molecular formula is C11H18N2. The van der Waals surface area contributed by atoms with E-state index in [0.29, 0.717) is 0 Å². The summed E-state index contributed by atoms with van der Waals surface area (Å²) in [5, 5.41) is 3.15. The monoisotopic (exact) mass is 178 g/mol. The Kier molecular flexibility index (Phi) is 4.47. The minimum Gasteiger partial charge on any atom is -0.319 e. The van der Waals surface area contributed by atoms with Crippen LogP contribution >= 0.6 is 0 Å². The second-order valence-corrected chi connectivity index (χ2v) is 3.21. The molecule has 0 aromatic carbocycles. The van der Waals surface area contributed by atoms with Gasteiger partial charge in [0.25, 0.3) is 0 Å². The van der Waals surface area contributed by atoms with Crippen molar-refractivity contribution in [3.05, 3.63) is 29.6 Å². The lowest BCUT2D eigenvalue weighted by molar-refractivity contribution is 0.761. The van der Waals surface area contributed by atoms with Gasteiger partial charge in [0.1, 0.15) is 0 Å². The van der Waals surface area contributed by atoms with Crippen LogP contribution in [0.5, 0.6) is 0 Å². The van der Waals surface area contributed by atoms with E-state index in [9.17, 15) is 0 Å². The highest BCUT2D eigenvalue weighted by atomic mass is 14.8. The average molecular weight is 178 g/mol. The summed E-state index contributed by atoms with van der Waals surface area (Å²) in [6, 6.07) is 4.20. The molecule has 2 heteroatoms. The minimum atomic E-state index is 1.01. The normalized spacial score (nSPS) is 10.3. The number of pyridine rings is 1. The molecule has 1 rings (SSSR count). The highest BCUT2D eigenvalue weighted by Gasteiger charge is 2.00. The van der Waals surface area contributed by atoms with Gasteiger partial charge >= 0.3 is 0 Å². The van der Waals surface area contributed by atoms with E-state index in [2.05, 4.69) is 23.3 Å². The van der Waals surface area contributed by atoms with E-state index in [1.807, 2.05) is 19.3 Å². The zero-order valence-electron chi connectivity index (χ0n) is 8.51. The number of aromatic nitrogens is 1. The average Bonchev–Trinajstić information content (AvgIpc) is 2.17. The van der Waals surface area contributed by atoms with Gasteiger partial charge in [-0.15, -0.1) is 0 Å². The largest absolute Gasteiger partial charge is 0.319 e. The third kappa shape index (κ3) is 3.15. The number of nitrogens with zero attached hydrogens (tertiary/aromatic N) is 1. The van der Waals surface area contributed by atoms with Crippen LogP contribution in [0, 0.1) is 0 Å². The molecule has 13 heavy (non-hydrogen) atoms.